The van der Waals surface area contributed by atoms with Gasteiger partial charge in [-0.05, 0) is 69.8 Å². The summed E-state index contributed by atoms with van der Waals surface area (Å²) in [6, 6.07) is 13.7. The molecule has 2 aromatic rings. The number of hydrogen-bond donors (Lipinski definition) is 5. The molecule has 1 unspecified atom stereocenters. The third kappa shape index (κ3) is 12.6. The van der Waals surface area contributed by atoms with E-state index in [1.165, 1.54) is 0 Å². The minimum Gasteiger partial charge on any atom is -0.483 e. The van der Waals surface area contributed by atoms with E-state index >= 15 is 0 Å². The van der Waals surface area contributed by atoms with E-state index < -0.39 is 30.6 Å². The molecule has 0 bridgehead atoms. The van der Waals surface area contributed by atoms with Crippen LogP contribution in [-0.2, 0) is 16.0 Å². The van der Waals surface area contributed by atoms with Crippen molar-refractivity contribution in [2.45, 2.75) is 84.0 Å². The van der Waals surface area contributed by atoms with Crippen molar-refractivity contribution in [2.24, 2.45) is 0 Å². The molecule has 0 saturated heterocycles. The highest BCUT2D eigenvalue weighted by Crippen LogP contribution is 2.22. The third-order valence-electron chi connectivity index (χ3n) is 7.67. The molecule has 0 heterocycles. The number of amides is 2. The van der Waals surface area contributed by atoms with E-state index in [9.17, 15) is 19.8 Å². The summed E-state index contributed by atoms with van der Waals surface area (Å²) < 4.78 is 5.86. The van der Waals surface area contributed by atoms with Gasteiger partial charge in [0.25, 0.3) is 5.91 Å². The number of carbonyl (C=O) groups is 2. The Morgan fingerprint density at radius 1 is 1.02 bits per heavy atom. The molecule has 9 nitrogen and oxygen atoms in total. The molecule has 9 heteroatoms. The van der Waals surface area contributed by atoms with E-state index in [0.717, 1.165) is 16.7 Å². The van der Waals surface area contributed by atoms with Crippen LogP contribution in [0.15, 0.2) is 85.5 Å². The van der Waals surface area contributed by atoms with Gasteiger partial charge in [0.2, 0.25) is 5.91 Å². The van der Waals surface area contributed by atoms with Gasteiger partial charge in [-0.1, -0.05) is 99.3 Å². The topological polar surface area (TPSA) is 123 Å². The number of nitrogens with zero attached hydrogens (tertiary/aromatic N) is 1. The Morgan fingerprint density at radius 2 is 1.69 bits per heavy atom. The van der Waals surface area contributed by atoms with Crippen LogP contribution in [0.25, 0.3) is 0 Å². The van der Waals surface area contributed by atoms with Crippen LogP contribution in [-0.4, -0.2) is 77.7 Å². The van der Waals surface area contributed by atoms with E-state index in [-0.39, 0.29) is 31.3 Å². The van der Waals surface area contributed by atoms with Crippen LogP contribution in [0.3, 0.4) is 0 Å². The van der Waals surface area contributed by atoms with Gasteiger partial charge in [0.05, 0.1) is 18.2 Å². The summed E-state index contributed by atoms with van der Waals surface area (Å²) in [5, 5.41) is 31.0. The largest absolute Gasteiger partial charge is 0.483 e. The highest BCUT2D eigenvalue weighted by atomic mass is 16.5. The maximum Gasteiger partial charge on any atom is 0.258 e. The normalized spacial score (nSPS) is 14.8. The number of para-hydroxylation sites is 1. The van der Waals surface area contributed by atoms with Crippen molar-refractivity contribution in [1.29, 1.82) is 0 Å². The summed E-state index contributed by atoms with van der Waals surface area (Å²) in [7, 11) is 1.69. The SMILES string of the molecule is C=C/C=C\C(=C)C[C@H](NC(=O)COc1c(C)cccc1C)[C@@H](O)C[C@H](Cc1ccccc1)NC(=O)[C@H](CC)N(C)C(O)NCC. The van der Waals surface area contributed by atoms with Crippen molar-refractivity contribution in [2.75, 3.05) is 20.2 Å². The van der Waals surface area contributed by atoms with Gasteiger partial charge in [0.15, 0.2) is 13.0 Å². The van der Waals surface area contributed by atoms with E-state index in [1.807, 2.05) is 76.2 Å². The van der Waals surface area contributed by atoms with Gasteiger partial charge in [-0.15, -0.1) is 0 Å². The fourth-order valence-electron chi connectivity index (χ4n) is 5.25. The van der Waals surface area contributed by atoms with Crippen molar-refractivity contribution in [1.82, 2.24) is 20.9 Å². The van der Waals surface area contributed by atoms with Crippen molar-refractivity contribution < 1.29 is 24.5 Å². The molecule has 246 valence electrons. The number of aliphatic hydroxyl groups excluding tert-OH is 2. The molecule has 2 aromatic carbocycles. The average molecular weight is 621 g/mol. The maximum atomic E-state index is 13.5. The maximum absolute atomic E-state index is 13.5. The number of benzene rings is 2. The number of hydrogen-bond acceptors (Lipinski definition) is 7. The Labute approximate surface area is 269 Å². The third-order valence-corrected chi connectivity index (χ3v) is 7.67. The summed E-state index contributed by atoms with van der Waals surface area (Å²) in [6.07, 6.45) is 4.54. The second-order valence-electron chi connectivity index (χ2n) is 11.4. The van der Waals surface area contributed by atoms with Crippen LogP contribution in [0.2, 0.25) is 0 Å². The number of carbonyl (C=O) groups excluding carboxylic acids is 2. The minimum absolute atomic E-state index is 0.164. The standard InChI is InChI=1S/C36H52N4O5/c1-8-11-16-25(4)21-30(39-33(42)24-45-34-26(5)17-15-18-27(34)6)32(41)23-29(22-28-19-13-12-14-20-28)38-35(43)31(9-2)40(7)36(44)37-10-3/h8,11-20,29-32,36-37,41,44H,1,4,9-10,21-24H2,2-3,5-7H3,(H,38,43)(H,39,42)/b16-11-/t29-,30-,31-,32-,36?/m0/s1. The zero-order valence-corrected chi connectivity index (χ0v) is 27.5. The number of aliphatic hydroxyl groups is 2. The first-order valence-electron chi connectivity index (χ1n) is 15.6. The van der Waals surface area contributed by atoms with Crippen molar-refractivity contribution in [3.8, 4) is 5.75 Å². The molecule has 0 fully saturated rings. The molecule has 0 saturated carbocycles. The van der Waals surface area contributed by atoms with Gasteiger partial charge < -0.3 is 25.6 Å². The van der Waals surface area contributed by atoms with E-state index in [1.54, 1.807) is 30.2 Å². The lowest BCUT2D eigenvalue weighted by Gasteiger charge is -2.33. The summed E-state index contributed by atoms with van der Waals surface area (Å²) in [5.74, 6) is 0.0188. The lowest BCUT2D eigenvalue weighted by Crippen LogP contribution is -2.56. The smallest absolute Gasteiger partial charge is 0.258 e. The van der Waals surface area contributed by atoms with Gasteiger partial charge in [0.1, 0.15) is 5.75 Å². The van der Waals surface area contributed by atoms with Gasteiger partial charge in [0, 0.05) is 6.04 Å². The van der Waals surface area contributed by atoms with Gasteiger partial charge >= 0.3 is 0 Å². The fraction of sp³-hybridized carbons (Fsp3) is 0.444. The Kier molecular flexibility index (Phi) is 16.3. The quantitative estimate of drug-likeness (QED) is 0.112. The molecular weight excluding hydrogens is 568 g/mol. The molecule has 5 atom stereocenters. The van der Waals surface area contributed by atoms with Crippen molar-refractivity contribution in [3.05, 3.63) is 102 Å². The first-order chi connectivity index (χ1) is 21.5. The number of rotatable bonds is 20. The molecule has 0 aliphatic rings. The minimum atomic E-state index is -1.03. The number of nitrogens with one attached hydrogen (secondary N) is 3. The Hall–Kier alpha value is -3.76. The highest BCUT2D eigenvalue weighted by molar-refractivity contribution is 5.82. The van der Waals surface area contributed by atoms with Crippen LogP contribution < -0.4 is 20.7 Å². The van der Waals surface area contributed by atoms with Crippen LogP contribution >= 0.6 is 0 Å². The molecule has 0 aliphatic carbocycles. The molecule has 0 aromatic heterocycles. The lowest BCUT2D eigenvalue weighted by atomic mass is 9.93. The molecule has 2 amide bonds. The molecule has 2 rings (SSSR count). The van der Waals surface area contributed by atoms with Crippen molar-refractivity contribution in [3.63, 3.8) is 0 Å². The Bertz CT molecular complexity index is 1250. The second kappa shape index (κ2) is 19.6. The Balaban J connectivity index is 2.26. The van der Waals surface area contributed by atoms with E-state index in [2.05, 4.69) is 29.1 Å². The van der Waals surface area contributed by atoms with E-state index in [4.69, 9.17) is 4.74 Å². The summed E-state index contributed by atoms with van der Waals surface area (Å²) >= 11 is 0. The molecule has 0 aliphatic heterocycles. The first kappa shape index (κ1) is 37.4. The highest BCUT2D eigenvalue weighted by Gasteiger charge is 2.30. The van der Waals surface area contributed by atoms with Crippen molar-refractivity contribution >= 4 is 11.8 Å². The van der Waals surface area contributed by atoms with Gasteiger partial charge in [-0.25, -0.2) is 0 Å². The molecule has 5 N–H and O–H groups in total. The van der Waals surface area contributed by atoms with Crippen LogP contribution in [0.4, 0.5) is 0 Å². The number of likely N-dealkylation sites (N-methyl/N-ethyl adjacent to an activating group) is 1. The predicted octanol–water partition coefficient (Wildman–Crippen LogP) is 3.93. The number of aryl methyl sites for hydroxylation is 2. The molecule has 0 spiro atoms. The predicted molar refractivity (Wildman–Crippen MR) is 181 cm³/mol. The van der Waals surface area contributed by atoms with Crippen LogP contribution in [0.5, 0.6) is 5.75 Å². The van der Waals surface area contributed by atoms with Crippen LogP contribution in [0, 0.1) is 13.8 Å². The summed E-state index contributed by atoms with van der Waals surface area (Å²) in [6.45, 7) is 15.7. The van der Waals surface area contributed by atoms with Crippen LogP contribution in [0.1, 0.15) is 49.8 Å². The first-order valence-corrected chi connectivity index (χ1v) is 15.6. The number of allylic oxidation sites excluding steroid dienone is 3. The molecular formula is C36H52N4O5. The summed E-state index contributed by atoms with van der Waals surface area (Å²) in [4.78, 5) is 28.2. The van der Waals surface area contributed by atoms with Gasteiger partial charge in [-0.3, -0.25) is 19.8 Å². The lowest BCUT2D eigenvalue weighted by molar-refractivity contribution is -0.132. The fourth-order valence-corrected chi connectivity index (χ4v) is 5.25. The second-order valence-corrected chi connectivity index (χ2v) is 11.4. The van der Waals surface area contributed by atoms with Gasteiger partial charge in [-0.2, -0.15) is 0 Å². The Morgan fingerprint density at radius 3 is 2.29 bits per heavy atom. The molecule has 45 heavy (non-hydrogen) atoms. The molecule has 0 radical (unpaired) electrons. The average Bonchev–Trinajstić information content (AvgIpc) is 3.00. The summed E-state index contributed by atoms with van der Waals surface area (Å²) in [5.41, 5.74) is 3.54. The van der Waals surface area contributed by atoms with E-state index in [0.29, 0.717) is 30.7 Å². The zero-order valence-electron chi connectivity index (χ0n) is 27.5. The zero-order chi connectivity index (χ0) is 33.4. The number of ether oxygens (including phenoxy) is 1. The monoisotopic (exact) mass is 620 g/mol.